The molecule has 0 bridgehead atoms. The zero-order valence-electron chi connectivity index (χ0n) is 16.8. The number of hydrogen-bond donors (Lipinski definition) is 1. The molecule has 150 valence electrons. The molecule has 5 nitrogen and oxygen atoms in total. The third kappa shape index (κ3) is 4.14. The molecule has 0 saturated carbocycles. The van der Waals surface area contributed by atoms with E-state index >= 15 is 0 Å². The van der Waals surface area contributed by atoms with Gasteiger partial charge in [0.05, 0.1) is 22.3 Å². The SMILES string of the molecule is Cc1ccc(-n2c(SCC(=O)Nc3ccccc3)nc3ccccc3c2=O)cc1C. The minimum Gasteiger partial charge on any atom is -0.325 e. The van der Waals surface area contributed by atoms with Crippen LogP contribution in [0.3, 0.4) is 0 Å². The third-order valence-electron chi connectivity index (χ3n) is 4.88. The lowest BCUT2D eigenvalue weighted by atomic mass is 10.1. The highest BCUT2D eigenvalue weighted by atomic mass is 32.2. The molecule has 0 aliphatic carbocycles. The molecule has 1 aromatic heterocycles. The number of rotatable bonds is 5. The van der Waals surface area contributed by atoms with Crippen molar-refractivity contribution in [1.29, 1.82) is 0 Å². The Hall–Kier alpha value is -3.38. The Kier molecular flexibility index (Phi) is 5.68. The van der Waals surface area contributed by atoms with Crippen LogP contribution in [0.25, 0.3) is 16.6 Å². The van der Waals surface area contributed by atoms with E-state index in [1.54, 1.807) is 10.6 Å². The maximum absolute atomic E-state index is 13.3. The van der Waals surface area contributed by atoms with Crippen LogP contribution in [0.5, 0.6) is 0 Å². The van der Waals surface area contributed by atoms with Gasteiger partial charge in [-0.2, -0.15) is 0 Å². The first-order valence-electron chi connectivity index (χ1n) is 9.60. The summed E-state index contributed by atoms with van der Waals surface area (Å²) in [6.45, 7) is 4.04. The minimum absolute atomic E-state index is 0.143. The molecule has 0 aliphatic rings. The lowest BCUT2D eigenvalue weighted by Crippen LogP contribution is -2.23. The molecule has 6 heteroatoms. The van der Waals surface area contributed by atoms with E-state index in [-0.39, 0.29) is 17.2 Å². The molecule has 0 saturated heterocycles. The van der Waals surface area contributed by atoms with Crippen LogP contribution in [0.1, 0.15) is 11.1 Å². The van der Waals surface area contributed by atoms with Gasteiger partial charge in [-0.15, -0.1) is 0 Å². The van der Waals surface area contributed by atoms with E-state index in [1.807, 2.05) is 80.6 Å². The lowest BCUT2D eigenvalue weighted by Gasteiger charge is -2.14. The number of anilines is 1. The quantitative estimate of drug-likeness (QED) is 0.378. The molecule has 3 aromatic carbocycles. The first-order valence-corrected chi connectivity index (χ1v) is 10.6. The van der Waals surface area contributed by atoms with Crippen molar-refractivity contribution in [2.75, 3.05) is 11.1 Å². The molecular formula is C24H21N3O2S. The number of fused-ring (bicyclic) bond motifs is 1. The maximum Gasteiger partial charge on any atom is 0.266 e. The normalized spacial score (nSPS) is 10.9. The van der Waals surface area contributed by atoms with E-state index in [0.717, 1.165) is 22.5 Å². The van der Waals surface area contributed by atoms with Crippen LogP contribution in [0.15, 0.2) is 82.7 Å². The van der Waals surface area contributed by atoms with Crippen molar-refractivity contribution in [3.05, 3.63) is 94.3 Å². The number of carbonyl (C=O) groups excluding carboxylic acids is 1. The number of benzene rings is 3. The zero-order chi connectivity index (χ0) is 21.1. The largest absolute Gasteiger partial charge is 0.325 e. The summed E-state index contributed by atoms with van der Waals surface area (Å²) in [6.07, 6.45) is 0. The molecule has 0 unspecified atom stereocenters. The molecule has 1 heterocycles. The summed E-state index contributed by atoms with van der Waals surface area (Å²) in [6, 6.07) is 22.4. The summed E-state index contributed by atoms with van der Waals surface area (Å²) in [5.41, 5.74) is 4.19. The van der Waals surface area contributed by atoms with Crippen LogP contribution in [-0.2, 0) is 4.79 Å². The molecule has 0 fully saturated rings. The van der Waals surface area contributed by atoms with E-state index in [0.29, 0.717) is 16.1 Å². The van der Waals surface area contributed by atoms with Crippen molar-refractivity contribution in [3.8, 4) is 5.69 Å². The van der Waals surface area contributed by atoms with Crippen LogP contribution >= 0.6 is 11.8 Å². The van der Waals surface area contributed by atoms with Gasteiger partial charge in [0.2, 0.25) is 5.91 Å². The lowest BCUT2D eigenvalue weighted by molar-refractivity contribution is -0.113. The van der Waals surface area contributed by atoms with Crippen LogP contribution in [-0.4, -0.2) is 21.2 Å². The average molecular weight is 416 g/mol. The van der Waals surface area contributed by atoms with Crippen molar-refractivity contribution >= 4 is 34.3 Å². The molecule has 0 aliphatic heterocycles. The summed E-state index contributed by atoms with van der Waals surface area (Å²) in [5, 5.41) is 3.91. The summed E-state index contributed by atoms with van der Waals surface area (Å²) < 4.78 is 1.59. The van der Waals surface area contributed by atoms with E-state index in [4.69, 9.17) is 0 Å². The van der Waals surface area contributed by atoms with Crippen LogP contribution < -0.4 is 10.9 Å². The fourth-order valence-corrected chi connectivity index (χ4v) is 3.96. The Labute approximate surface area is 178 Å². The number of nitrogens with one attached hydrogen (secondary N) is 1. The topological polar surface area (TPSA) is 64.0 Å². The Morgan fingerprint density at radius 3 is 2.47 bits per heavy atom. The molecule has 0 spiro atoms. The molecule has 1 amide bonds. The predicted molar refractivity (Wildman–Crippen MR) is 123 cm³/mol. The van der Waals surface area contributed by atoms with Crippen molar-refractivity contribution in [1.82, 2.24) is 9.55 Å². The molecule has 1 N–H and O–H groups in total. The van der Waals surface area contributed by atoms with Gasteiger partial charge in [-0.3, -0.25) is 14.2 Å². The van der Waals surface area contributed by atoms with E-state index in [2.05, 4.69) is 10.3 Å². The Morgan fingerprint density at radius 2 is 1.70 bits per heavy atom. The second-order valence-electron chi connectivity index (χ2n) is 7.02. The number of aromatic nitrogens is 2. The molecule has 0 atom stereocenters. The highest BCUT2D eigenvalue weighted by Crippen LogP contribution is 2.23. The van der Waals surface area contributed by atoms with Crippen molar-refractivity contribution in [2.24, 2.45) is 0 Å². The fraction of sp³-hybridized carbons (Fsp3) is 0.125. The van der Waals surface area contributed by atoms with Gasteiger partial charge in [0, 0.05) is 5.69 Å². The average Bonchev–Trinajstić information content (AvgIpc) is 2.75. The summed E-state index contributed by atoms with van der Waals surface area (Å²) >= 11 is 1.25. The second kappa shape index (κ2) is 8.55. The number of amides is 1. The van der Waals surface area contributed by atoms with Gasteiger partial charge < -0.3 is 5.32 Å². The van der Waals surface area contributed by atoms with Crippen molar-refractivity contribution < 1.29 is 4.79 Å². The molecule has 0 radical (unpaired) electrons. The van der Waals surface area contributed by atoms with Gasteiger partial charge in [0.15, 0.2) is 5.16 Å². The Balaban J connectivity index is 1.71. The van der Waals surface area contributed by atoms with Crippen LogP contribution in [0.4, 0.5) is 5.69 Å². The van der Waals surface area contributed by atoms with E-state index in [1.165, 1.54) is 11.8 Å². The van der Waals surface area contributed by atoms with Gasteiger partial charge in [-0.1, -0.05) is 48.2 Å². The standard InChI is InChI=1S/C24H21N3O2S/c1-16-12-13-19(14-17(16)2)27-23(29)20-10-6-7-11-21(20)26-24(27)30-15-22(28)25-18-8-4-3-5-9-18/h3-14H,15H2,1-2H3,(H,25,28). The molecule has 4 rings (SSSR count). The highest BCUT2D eigenvalue weighted by Gasteiger charge is 2.15. The Bertz CT molecular complexity index is 1280. The van der Waals surface area contributed by atoms with Crippen LogP contribution in [0.2, 0.25) is 0 Å². The third-order valence-corrected chi connectivity index (χ3v) is 5.82. The van der Waals surface area contributed by atoms with Crippen molar-refractivity contribution in [2.45, 2.75) is 19.0 Å². The number of nitrogens with zero attached hydrogens (tertiary/aromatic N) is 2. The Morgan fingerprint density at radius 1 is 0.967 bits per heavy atom. The second-order valence-corrected chi connectivity index (χ2v) is 7.97. The van der Waals surface area contributed by atoms with Crippen LogP contribution in [0, 0.1) is 13.8 Å². The molecule has 30 heavy (non-hydrogen) atoms. The molecular weight excluding hydrogens is 394 g/mol. The predicted octanol–water partition coefficient (Wildman–Crippen LogP) is 4.73. The monoisotopic (exact) mass is 415 g/mol. The summed E-state index contributed by atoms with van der Waals surface area (Å²) in [5.74, 6) is -0.00918. The van der Waals surface area contributed by atoms with E-state index < -0.39 is 0 Å². The van der Waals surface area contributed by atoms with Gasteiger partial charge in [0.25, 0.3) is 5.56 Å². The van der Waals surface area contributed by atoms with Gasteiger partial charge in [-0.25, -0.2) is 4.98 Å². The first-order chi connectivity index (χ1) is 14.5. The number of aryl methyl sites for hydroxylation is 2. The fourth-order valence-electron chi connectivity index (χ4n) is 3.15. The summed E-state index contributed by atoms with van der Waals surface area (Å²) in [7, 11) is 0. The van der Waals surface area contributed by atoms with Gasteiger partial charge >= 0.3 is 0 Å². The van der Waals surface area contributed by atoms with Gasteiger partial charge in [-0.05, 0) is 61.4 Å². The number of para-hydroxylation sites is 2. The summed E-state index contributed by atoms with van der Waals surface area (Å²) in [4.78, 5) is 30.4. The number of carbonyl (C=O) groups is 1. The van der Waals surface area contributed by atoms with Crippen molar-refractivity contribution in [3.63, 3.8) is 0 Å². The highest BCUT2D eigenvalue weighted by molar-refractivity contribution is 7.99. The smallest absolute Gasteiger partial charge is 0.266 e. The molecule has 4 aromatic rings. The number of hydrogen-bond acceptors (Lipinski definition) is 4. The van der Waals surface area contributed by atoms with E-state index in [9.17, 15) is 9.59 Å². The van der Waals surface area contributed by atoms with Gasteiger partial charge in [0.1, 0.15) is 0 Å². The zero-order valence-corrected chi connectivity index (χ0v) is 17.6. The first kappa shape index (κ1) is 19.9. The number of thioether (sulfide) groups is 1. The minimum atomic E-state index is -0.153. The maximum atomic E-state index is 13.3.